The van der Waals surface area contributed by atoms with Crippen LogP contribution in [0.25, 0.3) is 0 Å². The molecule has 0 aromatic carbocycles. The summed E-state index contributed by atoms with van der Waals surface area (Å²) >= 11 is 1.55. The Morgan fingerprint density at radius 1 is 0.700 bits per heavy atom. The van der Waals surface area contributed by atoms with Gasteiger partial charge < -0.3 is 0 Å². The molecule has 1 N–H and O–H groups in total. The van der Waals surface area contributed by atoms with E-state index in [9.17, 15) is 0 Å². The number of allylic oxidation sites excluding steroid dienone is 4. The van der Waals surface area contributed by atoms with Crippen LogP contribution in [0.1, 0.15) is 25.7 Å². The van der Waals surface area contributed by atoms with E-state index in [1.807, 2.05) is 0 Å². The van der Waals surface area contributed by atoms with Gasteiger partial charge in [-0.2, -0.15) is 0 Å². The van der Waals surface area contributed by atoms with E-state index in [-0.39, 0.29) is 0 Å². The molecule has 0 fully saturated rings. The van der Waals surface area contributed by atoms with E-state index in [0.29, 0.717) is 0 Å². The quantitative estimate of drug-likeness (QED) is 0.497. The van der Waals surface area contributed by atoms with Crippen LogP contribution >= 0.6 is 0 Å². The molecule has 0 spiro atoms. The second kappa shape index (κ2) is 9.06. The van der Waals surface area contributed by atoms with Gasteiger partial charge >= 0.3 is 22.6 Å². The van der Waals surface area contributed by atoms with Crippen LogP contribution in [0.4, 0.5) is 0 Å². The van der Waals surface area contributed by atoms with Crippen molar-refractivity contribution in [2.45, 2.75) is 25.7 Å². The van der Waals surface area contributed by atoms with Gasteiger partial charge in [-0.25, -0.2) is 0 Å². The zero-order valence-corrected chi connectivity index (χ0v) is 7.56. The molecular formula is C8H13ORh. The van der Waals surface area contributed by atoms with E-state index >= 15 is 0 Å². The fraction of sp³-hybridized carbons (Fsp3) is 0.500. The molecule has 1 nitrogen and oxygen atoms in total. The van der Waals surface area contributed by atoms with Crippen molar-refractivity contribution in [1.82, 2.24) is 0 Å². The Morgan fingerprint density at radius 3 is 1.10 bits per heavy atom. The third kappa shape index (κ3) is 6.19. The van der Waals surface area contributed by atoms with E-state index < -0.39 is 0 Å². The first-order valence-electron chi connectivity index (χ1n) is 3.45. The van der Waals surface area contributed by atoms with Gasteiger partial charge in [-0.1, -0.05) is 24.3 Å². The molecule has 1 aliphatic rings. The predicted molar refractivity (Wildman–Crippen MR) is 39.0 cm³/mol. The Balaban J connectivity index is 0.000000371. The van der Waals surface area contributed by atoms with Crippen LogP contribution in [0.5, 0.6) is 0 Å². The van der Waals surface area contributed by atoms with E-state index in [1.165, 1.54) is 25.7 Å². The van der Waals surface area contributed by atoms with Crippen LogP contribution in [-0.4, -0.2) is 3.93 Å². The van der Waals surface area contributed by atoms with Crippen molar-refractivity contribution >= 4 is 0 Å². The Kier molecular flexibility index (Phi) is 9.12. The molecule has 0 amide bonds. The van der Waals surface area contributed by atoms with E-state index in [4.69, 9.17) is 3.93 Å². The van der Waals surface area contributed by atoms with Gasteiger partial charge in [-0.15, -0.1) is 0 Å². The summed E-state index contributed by atoms with van der Waals surface area (Å²) in [6.07, 6.45) is 14.0. The summed E-state index contributed by atoms with van der Waals surface area (Å²) in [4.78, 5) is 0. The molecule has 60 valence electrons. The molecule has 0 heterocycles. The Labute approximate surface area is 72.9 Å². The van der Waals surface area contributed by atoms with Gasteiger partial charge in [-0.3, -0.25) is 0 Å². The average molecular weight is 228 g/mol. The van der Waals surface area contributed by atoms with Crippen molar-refractivity contribution in [3.8, 4) is 0 Å². The Hall–Kier alpha value is 0.0634. The van der Waals surface area contributed by atoms with Crippen molar-refractivity contribution in [2.75, 3.05) is 0 Å². The number of hydrogen-bond donors (Lipinski definition) is 1. The van der Waals surface area contributed by atoms with E-state index in [1.54, 1.807) is 18.7 Å². The SMILES string of the molecule is C1=C\CC/C=C\CC/1.[OH][Rh]. The first kappa shape index (κ1) is 10.1. The molecular weight excluding hydrogens is 215 g/mol. The minimum absolute atomic E-state index is 1.23. The van der Waals surface area contributed by atoms with Gasteiger partial charge in [0, 0.05) is 0 Å². The Morgan fingerprint density at radius 2 is 0.900 bits per heavy atom. The summed E-state index contributed by atoms with van der Waals surface area (Å²) in [6, 6.07) is 0. The van der Waals surface area contributed by atoms with Crippen LogP contribution in [0.2, 0.25) is 0 Å². The minimum atomic E-state index is 1.23. The molecule has 0 aromatic heterocycles. The molecule has 1 rings (SSSR count). The molecule has 0 saturated carbocycles. The molecule has 10 heavy (non-hydrogen) atoms. The summed E-state index contributed by atoms with van der Waals surface area (Å²) < 4.78 is 6.89. The van der Waals surface area contributed by atoms with Crippen molar-refractivity contribution in [1.29, 1.82) is 0 Å². The van der Waals surface area contributed by atoms with Crippen molar-refractivity contribution < 1.29 is 22.6 Å². The normalized spacial score (nSPS) is 23.1. The molecule has 0 unspecified atom stereocenters. The summed E-state index contributed by atoms with van der Waals surface area (Å²) in [5.41, 5.74) is 0. The van der Waals surface area contributed by atoms with Crippen molar-refractivity contribution in [2.24, 2.45) is 0 Å². The van der Waals surface area contributed by atoms with Crippen molar-refractivity contribution in [3.05, 3.63) is 24.3 Å². The van der Waals surface area contributed by atoms with Gasteiger partial charge in [0.2, 0.25) is 0 Å². The fourth-order valence-electron chi connectivity index (χ4n) is 0.856. The third-order valence-electron chi connectivity index (χ3n) is 1.33. The number of hydrogen-bond acceptors (Lipinski definition) is 1. The third-order valence-corrected chi connectivity index (χ3v) is 1.33. The van der Waals surface area contributed by atoms with Crippen LogP contribution in [0.3, 0.4) is 0 Å². The van der Waals surface area contributed by atoms with Crippen LogP contribution < -0.4 is 0 Å². The summed E-state index contributed by atoms with van der Waals surface area (Å²) in [6.45, 7) is 0. The number of rotatable bonds is 0. The van der Waals surface area contributed by atoms with Gasteiger partial charge in [0.15, 0.2) is 0 Å². The first-order chi connectivity index (χ1) is 5.00. The summed E-state index contributed by atoms with van der Waals surface area (Å²) in [7, 11) is 0. The van der Waals surface area contributed by atoms with E-state index in [0.717, 1.165) is 0 Å². The van der Waals surface area contributed by atoms with Crippen LogP contribution in [0.15, 0.2) is 24.3 Å². The molecule has 0 aromatic rings. The zero-order chi connectivity index (χ0) is 7.66. The fourth-order valence-corrected chi connectivity index (χ4v) is 0.856. The summed E-state index contributed by atoms with van der Waals surface area (Å²) in [5, 5.41) is 0. The Bertz CT molecular complexity index is 81.8. The molecule has 0 aliphatic heterocycles. The van der Waals surface area contributed by atoms with Gasteiger partial charge in [-0.05, 0) is 25.7 Å². The second-order valence-corrected chi connectivity index (χ2v) is 2.10. The van der Waals surface area contributed by atoms with Crippen LogP contribution in [-0.2, 0) is 18.7 Å². The molecule has 2 heteroatoms. The molecule has 0 bridgehead atoms. The molecule has 1 aliphatic carbocycles. The first-order valence-corrected chi connectivity index (χ1v) is 4.18. The predicted octanol–water partition coefficient (Wildman–Crippen LogP) is 2.11. The molecule has 0 radical (unpaired) electrons. The van der Waals surface area contributed by atoms with E-state index in [2.05, 4.69) is 24.3 Å². The van der Waals surface area contributed by atoms with Gasteiger partial charge in [0.25, 0.3) is 0 Å². The standard InChI is InChI=1S/C8H12.H2O.Rh/c1-2-4-6-8-7-5-3-1;;/h1-2,7-8H,3-6H2;1H2;/q;;+1/p-1/b2-1-,8-7-;;. The van der Waals surface area contributed by atoms with Gasteiger partial charge in [0.05, 0.1) is 0 Å². The van der Waals surface area contributed by atoms with Crippen molar-refractivity contribution in [3.63, 3.8) is 0 Å². The molecule has 0 atom stereocenters. The zero-order valence-electron chi connectivity index (χ0n) is 5.92. The second-order valence-electron chi connectivity index (χ2n) is 2.10. The van der Waals surface area contributed by atoms with Crippen LogP contribution in [0, 0.1) is 0 Å². The maximum absolute atomic E-state index is 6.89. The summed E-state index contributed by atoms with van der Waals surface area (Å²) in [5.74, 6) is 0. The molecule has 0 saturated heterocycles. The maximum atomic E-state index is 6.89. The van der Waals surface area contributed by atoms with Gasteiger partial charge in [0.1, 0.15) is 0 Å². The topological polar surface area (TPSA) is 20.2 Å². The average Bonchev–Trinajstić information content (AvgIpc) is 1.90. The monoisotopic (exact) mass is 228 g/mol.